The molecule has 0 amide bonds. The van der Waals surface area contributed by atoms with E-state index >= 15 is 0 Å². The monoisotopic (exact) mass is 280 g/mol. The van der Waals surface area contributed by atoms with Gasteiger partial charge in [-0.1, -0.05) is 13.8 Å². The molecule has 1 saturated heterocycles. The van der Waals surface area contributed by atoms with E-state index in [1.165, 1.54) is 12.8 Å². The summed E-state index contributed by atoms with van der Waals surface area (Å²) < 4.78 is 7.74. The number of ether oxygens (including phenoxy) is 1. The number of aromatic nitrogens is 3. The van der Waals surface area contributed by atoms with E-state index in [1.807, 2.05) is 11.7 Å². The SMILES string of the molecule is CNC(CCC1CCCO1)Cc1ncnn1CC(C)C. The highest BCUT2D eigenvalue weighted by atomic mass is 16.5. The third-order valence-electron chi connectivity index (χ3n) is 3.93. The summed E-state index contributed by atoms with van der Waals surface area (Å²) >= 11 is 0. The van der Waals surface area contributed by atoms with Gasteiger partial charge >= 0.3 is 0 Å². The van der Waals surface area contributed by atoms with Crippen molar-refractivity contribution in [2.75, 3.05) is 13.7 Å². The molecular weight excluding hydrogens is 252 g/mol. The van der Waals surface area contributed by atoms with Crippen molar-refractivity contribution in [3.8, 4) is 0 Å². The summed E-state index contributed by atoms with van der Waals surface area (Å²) in [6.07, 6.45) is 7.80. The first-order valence-electron chi connectivity index (χ1n) is 7.84. The van der Waals surface area contributed by atoms with Gasteiger partial charge in [0.2, 0.25) is 0 Å². The molecule has 0 aliphatic carbocycles. The Morgan fingerprint density at radius 1 is 1.50 bits per heavy atom. The second-order valence-electron chi connectivity index (χ2n) is 6.15. The van der Waals surface area contributed by atoms with E-state index in [-0.39, 0.29) is 0 Å². The zero-order chi connectivity index (χ0) is 14.4. The molecule has 2 heterocycles. The van der Waals surface area contributed by atoms with Crippen LogP contribution in [-0.2, 0) is 17.7 Å². The van der Waals surface area contributed by atoms with Gasteiger partial charge in [-0.05, 0) is 38.6 Å². The minimum Gasteiger partial charge on any atom is -0.378 e. The van der Waals surface area contributed by atoms with Crippen LogP contribution in [-0.4, -0.2) is 40.6 Å². The summed E-state index contributed by atoms with van der Waals surface area (Å²) in [7, 11) is 2.03. The number of rotatable bonds is 8. The molecule has 0 spiro atoms. The average molecular weight is 280 g/mol. The molecule has 1 aliphatic rings. The molecule has 2 unspecified atom stereocenters. The molecule has 2 atom stereocenters. The van der Waals surface area contributed by atoms with E-state index in [1.54, 1.807) is 6.33 Å². The van der Waals surface area contributed by atoms with Gasteiger partial charge in [0.15, 0.2) is 0 Å². The van der Waals surface area contributed by atoms with Crippen molar-refractivity contribution in [3.05, 3.63) is 12.2 Å². The van der Waals surface area contributed by atoms with Crippen LogP contribution in [0.3, 0.4) is 0 Å². The highest BCUT2D eigenvalue weighted by molar-refractivity contribution is 4.90. The van der Waals surface area contributed by atoms with Gasteiger partial charge in [-0.15, -0.1) is 0 Å². The molecule has 0 radical (unpaired) electrons. The van der Waals surface area contributed by atoms with Crippen molar-refractivity contribution in [2.24, 2.45) is 5.92 Å². The van der Waals surface area contributed by atoms with Gasteiger partial charge in [-0.3, -0.25) is 0 Å². The van der Waals surface area contributed by atoms with Gasteiger partial charge in [0, 0.05) is 25.6 Å². The van der Waals surface area contributed by atoms with Crippen LogP contribution in [0.4, 0.5) is 0 Å². The van der Waals surface area contributed by atoms with Gasteiger partial charge in [0.05, 0.1) is 6.10 Å². The largest absolute Gasteiger partial charge is 0.378 e. The van der Waals surface area contributed by atoms with E-state index in [2.05, 4.69) is 29.2 Å². The summed E-state index contributed by atoms with van der Waals surface area (Å²) in [6.45, 7) is 6.30. The number of hydrogen-bond donors (Lipinski definition) is 1. The van der Waals surface area contributed by atoms with Crippen LogP contribution in [0.5, 0.6) is 0 Å². The summed E-state index contributed by atoms with van der Waals surface area (Å²) in [6, 6.07) is 0.453. The van der Waals surface area contributed by atoms with Crippen molar-refractivity contribution in [1.29, 1.82) is 0 Å². The van der Waals surface area contributed by atoms with Crippen LogP contribution < -0.4 is 5.32 Å². The van der Waals surface area contributed by atoms with Crippen molar-refractivity contribution in [2.45, 2.75) is 64.6 Å². The number of hydrogen-bond acceptors (Lipinski definition) is 4. The Bertz CT molecular complexity index is 385. The maximum atomic E-state index is 5.70. The lowest BCUT2D eigenvalue weighted by molar-refractivity contribution is 0.0997. The second kappa shape index (κ2) is 7.74. The van der Waals surface area contributed by atoms with Gasteiger partial charge < -0.3 is 10.1 Å². The average Bonchev–Trinajstić information content (AvgIpc) is 3.06. The predicted molar refractivity (Wildman–Crippen MR) is 79.6 cm³/mol. The minimum atomic E-state index is 0.453. The molecular formula is C15H28N4O. The smallest absolute Gasteiger partial charge is 0.138 e. The maximum absolute atomic E-state index is 5.70. The first kappa shape index (κ1) is 15.4. The lowest BCUT2D eigenvalue weighted by Crippen LogP contribution is -2.30. The molecule has 1 aliphatic heterocycles. The fourth-order valence-electron chi connectivity index (χ4n) is 2.77. The molecule has 0 bridgehead atoms. The summed E-state index contributed by atoms with van der Waals surface area (Å²) in [4.78, 5) is 4.42. The second-order valence-corrected chi connectivity index (χ2v) is 6.15. The van der Waals surface area contributed by atoms with Crippen LogP contribution in [0, 0.1) is 5.92 Å². The zero-order valence-corrected chi connectivity index (χ0v) is 13.0. The third-order valence-corrected chi connectivity index (χ3v) is 3.93. The molecule has 1 aromatic heterocycles. The molecule has 0 saturated carbocycles. The van der Waals surface area contributed by atoms with Crippen LogP contribution in [0.1, 0.15) is 45.4 Å². The minimum absolute atomic E-state index is 0.453. The quantitative estimate of drug-likeness (QED) is 0.791. The number of nitrogens with zero attached hydrogens (tertiary/aromatic N) is 3. The molecule has 0 aromatic carbocycles. The highest BCUT2D eigenvalue weighted by Gasteiger charge is 2.19. The molecule has 5 nitrogen and oxygen atoms in total. The fraction of sp³-hybridized carbons (Fsp3) is 0.867. The lowest BCUT2D eigenvalue weighted by atomic mass is 10.0. The van der Waals surface area contributed by atoms with E-state index in [4.69, 9.17) is 4.74 Å². The molecule has 1 fully saturated rings. The molecule has 114 valence electrons. The standard InChI is InChI=1S/C15H28N4O/c1-12(2)10-19-15(17-11-18-19)9-13(16-3)6-7-14-5-4-8-20-14/h11-14,16H,4-10H2,1-3H3. The Hall–Kier alpha value is -0.940. The Labute approximate surface area is 122 Å². The Morgan fingerprint density at radius 3 is 3.00 bits per heavy atom. The van der Waals surface area contributed by atoms with Gasteiger partial charge in [-0.25, -0.2) is 9.67 Å². The van der Waals surface area contributed by atoms with Crippen molar-refractivity contribution in [3.63, 3.8) is 0 Å². The van der Waals surface area contributed by atoms with Crippen molar-refractivity contribution in [1.82, 2.24) is 20.1 Å². The number of nitrogens with one attached hydrogen (secondary N) is 1. The number of likely N-dealkylation sites (N-methyl/N-ethyl adjacent to an activating group) is 1. The zero-order valence-electron chi connectivity index (χ0n) is 13.0. The van der Waals surface area contributed by atoms with Crippen LogP contribution >= 0.6 is 0 Å². The van der Waals surface area contributed by atoms with Gasteiger partial charge in [0.1, 0.15) is 12.2 Å². The van der Waals surface area contributed by atoms with E-state index in [0.717, 1.165) is 38.2 Å². The van der Waals surface area contributed by atoms with Crippen LogP contribution in [0.25, 0.3) is 0 Å². The lowest BCUT2D eigenvalue weighted by Gasteiger charge is -2.18. The highest BCUT2D eigenvalue weighted by Crippen LogP contribution is 2.18. The van der Waals surface area contributed by atoms with Crippen molar-refractivity contribution >= 4 is 0 Å². The first-order chi connectivity index (χ1) is 9.69. The molecule has 5 heteroatoms. The Kier molecular flexibility index (Phi) is 5.98. The third kappa shape index (κ3) is 4.56. The molecule has 1 N–H and O–H groups in total. The Balaban J connectivity index is 1.84. The maximum Gasteiger partial charge on any atom is 0.138 e. The van der Waals surface area contributed by atoms with Crippen LogP contribution in [0.15, 0.2) is 6.33 Å². The Morgan fingerprint density at radius 2 is 2.35 bits per heavy atom. The molecule has 20 heavy (non-hydrogen) atoms. The van der Waals surface area contributed by atoms with E-state index in [0.29, 0.717) is 18.1 Å². The topological polar surface area (TPSA) is 52.0 Å². The fourth-order valence-corrected chi connectivity index (χ4v) is 2.77. The predicted octanol–water partition coefficient (Wildman–Crippen LogP) is 2.02. The summed E-state index contributed by atoms with van der Waals surface area (Å²) in [5.41, 5.74) is 0. The van der Waals surface area contributed by atoms with Crippen LogP contribution in [0.2, 0.25) is 0 Å². The van der Waals surface area contributed by atoms with Gasteiger partial charge in [0.25, 0.3) is 0 Å². The van der Waals surface area contributed by atoms with Gasteiger partial charge in [-0.2, -0.15) is 5.10 Å². The van der Waals surface area contributed by atoms with Crippen molar-refractivity contribution < 1.29 is 4.74 Å². The van der Waals surface area contributed by atoms with E-state index < -0.39 is 0 Å². The normalized spacial score (nSPS) is 20.7. The first-order valence-corrected chi connectivity index (χ1v) is 7.84. The molecule has 1 aromatic rings. The van der Waals surface area contributed by atoms with E-state index in [9.17, 15) is 0 Å². The molecule has 2 rings (SSSR count). The summed E-state index contributed by atoms with van der Waals surface area (Å²) in [5, 5.41) is 7.74. The summed E-state index contributed by atoms with van der Waals surface area (Å²) in [5.74, 6) is 1.68.